The molecule has 2 aliphatic rings. The van der Waals surface area contributed by atoms with Gasteiger partial charge in [-0.15, -0.1) is 6.58 Å². The van der Waals surface area contributed by atoms with Crippen LogP contribution < -0.4 is 0 Å². The maximum absolute atomic E-state index is 8.98. The molecule has 1 N–H and O–H groups in total. The lowest BCUT2D eigenvalue weighted by Gasteiger charge is -2.29. The van der Waals surface area contributed by atoms with Crippen molar-refractivity contribution in [2.24, 2.45) is 0 Å². The molecule has 3 heteroatoms. The Morgan fingerprint density at radius 1 is 1.44 bits per heavy atom. The molecule has 0 aromatic heterocycles. The Morgan fingerprint density at radius 2 is 2.22 bits per heavy atom. The van der Waals surface area contributed by atoms with Gasteiger partial charge in [-0.1, -0.05) is 24.3 Å². The van der Waals surface area contributed by atoms with Gasteiger partial charge in [0.15, 0.2) is 0 Å². The van der Waals surface area contributed by atoms with Gasteiger partial charge in [-0.3, -0.25) is 0 Å². The van der Waals surface area contributed by atoms with E-state index in [1.54, 1.807) is 0 Å². The number of hydrogen-bond acceptors (Lipinski definition) is 3. The predicted molar refractivity (Wildman–Crippen MR) is 71.4 cm³/mol. The lowest BCUT2D eigenvalue weighted by Crippen LogP contribution is -2.27. The van der Waals surface area contributed by atoms with E-state index in [1.807, 2.05) is 13.0 Å². The van der Waals surface area contributed by atoms with Crippen LogP contribution in [0.2, 0.25) is 0 Å². The molecule has 0 radical (unpaired) electrons. The molecule has 2 fully saturated rings. The molecule has 4 atom stereocenters. The molecular weight excluding hydrogens is 228 g/mol. The summed E-state index contributed by atoms with van der Waals surface area (Å²) < 4.78 is 11.3. The van der Waals surface area contributed by atoms with Crippen LogP contribution in [0.5, 0.6) is 0 Å². The Kier molecular flexibility index (Phi) is 4.38. The number of aliphatic hydroxyl groups excluding tert-OH is 1. The third kappa shape index (κ3) is 3.31. The largest absolute Gasteiger partial charge is 0.394 e. The molecule has 0 bridgehead atoms. The fraction of sp³-hybridized carbons (Fsp3) is 0.600. The second-order valence-corrected chi connectivity index (χ2v) is 5.17. The normalized spacial score (nSPS) is 36.6. The quantitative estimate of drug-likeness (QED) is 0.601. The molecule has 0 aromatic rings. The molecule has 0 aromatic carbocycles. The van der Waals surface area contributed by atoms with Crippen molar-refractivity contribution in [2.45, 2.75) is 50.6 Å². The molecular formula is C15H22O3. The van der Waals surface area contributed by atoms with E-state index in [9.17, 15) is 0 Å². The first-order valence-corrected chi connectivity index (χ1v) is 6.51. The van der Waals surface area contributed by atoms with E-state index in [1.165, 1.54) is 5.57 Å². The van der Waals surface area contributed by atoms with Crippen LogP contribution in [-0.2, 0) is 9.47 Å². The van der Waals surface area contributed by atoms with Crippen molar-refractivity contribution in [1.29, 1.82) is 0 Å². The summed E-state index contributed by atoms with van der Waals surface area (Å²) in [5.74, 6) is 0. The molecule has 2 saturated heterocycles. The van der Waals surface area contributed by atoms with Crippen molar-refractivity contribution in [1.82, 2.24) is 0 Å². The van der Waals surface area contributed by atoms with Crippen molar-refractivity contribution in [3.05, 3.63) is 36.5 Å². The molecule has 0 unspecified atom stereocenters. The number of hydrogen-bond donors (Lipinski definition) is 1. The lowest BCUT2D eigenvalue weighted by molar-refractivity contribution is -0.00400. The first-order valence-electron chi connectivity index (χ1n) is 6.51. The van der Waals surface area contributed by atoms with E-state index in [4.69, 9.17) is 14.6 Å². The summed E-state index contributed by atoms with van der Waals surface area (Å²) in [6, 6.07) is 0. The van der Waals surface area contributed by atoms with Gasteiger partial charge in [-0.25, -0.2) is 0 Å². The summed E-state index contributed by atoms with van der Waals surface area (Å²) in [5.41, 5.74) is 2.38. The van der Waals surface area contributed by atoms with E-state index in [-0.39, 0.29) is 31.0 Å². The lowest BCUT2D eigenvalue weighted by atomic mass is 9.96. The highest BCUT2D eigenvalue weighted by atomic mass is 16.6. The average Bonchev–Trinajstić information content (AvgIpc) is 3.07. The molecule has 2 heterocycles. The van der Waals surface area contributed by atoms with E-state index < -0.39 is 0 Å². The zero-order valence-electron chi connectivity index (χ0n) is 11.0. The maximum atomic E-state index is 8.98. The minimum Gasteiger partial charge on any atom is -0.394 e. The highest BCUT2D eigenvalue weighted by Gasteiger charge is 2.39. The van der Waals surface area contributed by atoms with Crippen LogP contribution in [-0.4, -0.2) is 36.1 Å². The second-order valence-electron chi connectivity index (χ2n) is 5.17. The first kappa shape index (κ1) is 13.5. The van der Waals surface area contributed by atoms with Gasteiger partial charge in [0.25, 0.3) is 0 Å². The minimum atomic E-state index is -0.0167. The summed E-state index contributed by atoms with van der Waals surface area (Å²) >= 11 is 0. The summed E-state index contributed by atoms with van der Waals surface area (Å²) in [7, 11) is 0. The number of rotatable bonds is 5. The fourth-order valence-electron chi connectivity index (χ4n) is 2.53. The number of ether oxygens (including phenoxy) is 2. The highest BCUT2D eigenvalue weighted by Crippen LogP contribution is 2.31. The number of epoxide rings is 1. The van der Waals surface area contributed by atoms with Crippen LogP contribution in [0.4, 0.5) is 0 Å². The van der Waals surface area contributed by atoms with Gasteiger partial charge in [-0.2, -0.15) is 0 Å². The van der Waals surface area contributed by atoms with E-state index >= 15 is 0 Å². The predicted octanol–water partition coefficient (Wildman–Crippen LogP) is 2.37. The van der Waals surface area contributed by atoms with Crippen molar-refractivity contribution in [3.63, 3.8) is 0 Å². The SMILES string of the molecule is C=CC[C@H]1CC(=C)C[C@@H](/C=C(\C)[C@H]2O[C@@H]2CO)O1. The molecule has 100 valence electrons. The molecule has 0 amide bonds. The summed E-state index contributed by atoms with van der Waals surface area (Å²) in [5, 5.41) is 8.98. The molecule has 18 heavy (non-hydrogen) atoms. The summed E-state index contributed by atoms with van der Waals surface area (Å²) in [6.07, 6.45) is 7.01. The van der Waals surface area contributed by atoms with Gasteiger partial charge in [0, 0.05) is 0 Å². The van der Waals surface area contributed by atoms with Crippen LogP contribution in [0.1, 0.15) is 26.2 Å². The molecule has 0 aliphatic carbocycles. The Bertz CT molecular complexity index is 359. The van der Waals surface area contributed by atoms with Crippen molar-refractivity contribution in [2.75, 3.05) is 6.61 Å². The Balaban J connectivity index is 1.93. The van der Waals surface area contributed by atoms with Crippen LogP contribution >= 0.6 is 0 Å². The fourth-order valence-corrected chi connectivity index (χ4v) is 2.53. The standard InChI is InChI=1S/C15H22O3/c1-4-5-12-6-10(2)7-13(17-12)8-11(3)15-14(9-16)18-15/h4,8,12-16H,1-2,5-7,9H2,3H3/b11-8+/t12-,13-,14+,15+/m0/s1. The first-order chi connectivity index (χ1) is 8.63. The zero-order chi connectivity index (χ0) is 13.1. The Morgan fingerprint density at radius 3 is 2.83 bits per heavy atom. The molecule has 3 nitrogen and oxygen atoms in total. The van der Waals surface area contributed by atoms with E-state index in [0.717, 1.165) is 24.8 Å². The van der Waals surface area contributed by atoms with Crippen LogP contribution in [0.3, 0.4) is 0 Å². The Labute approximate surface area is 109 Å². The minimum absolute atomic E-state index is 0.0167. The zero-order valence-corrected chi connectivity index (χ0v) is 11.0. The summed E-state index contributed by atoms with van der Waals surface area (Å²) in [4.78, 5) is 0. The smallest absolute Gasteiger partial charge is 0.111 e. The van der Waals surface area contributed by atoms with Crippen molar-refractivity contribution < 1.29 is 14.6 Å². The summed E-state index contributed by atoms with van der Waals surface area (Å²) in [6.45, 7) is 9.95. The second kappa shape index (κ2) is 5.83. The number of aliphatic hydroxyl groups is 1. The van der Waals surface area contributed by atoms with Gasteiger partial charge >= 0.3 is 0 Å². The topological polar surface area (TPSA) is 42.0 Å². The monoisotopic (exact) mass is 250 g/mol. The van der Waals surface area contributed by atoms with Gasteiger partial charge in [0.05, 0.1) is 18.8 Å². The van der Waals surface area contributed by atoms with Crippen molar-refractivity contribution in [3.8, 4) is 0 Å². The maximum Gasteiger partial charge on any atom is 0.111 e. The molecule has 2 aliphatic heterocycles. The third-order valence-corrected chi connectivity index (χ3v) is 3.46. The highest BCUT2D eigenvalue weighted by molar-refractivity contribution is 5.19. The average molecular weight is 250 g/mol. The molecule has 0 saturated carbocycles. The molecule has 2 rings (SSSR count). The van der Waals surface area contributed by atoms with Crippen molar-refractivity contribution >= 4 is 0 Å². The Hall–Kier alpha value is -0.900. The van der Waals surface area contributed by atoms with Crippen LogP contribution in [0, 0.1) is 0 Å². The van der Waals surface area contributed by atoms with Gasteiger partial charge in [-0.05, 0) is 31.8 Å². The van der Waals surface area contributed by atoms with Gasteiger partial charge < -0.3 is 14.6 Å². The van der Waals surface area contributed by atoms with Gasteiger partial charge in [0.1, 0.15) is 12.2 Å². The van der Waals surface area contributed by atoms with E-state index in [0.29, 0.717) is 0 Å². The van der Waals surface area contributed by atoms with Gasteiger partial charge in [0.2, 0.25) is 0 Å². The molecule has 0 spiro atoms. The van der Waals surface area contributed by atoms with E-state index in [2.05, 4.69) is 19.2 Å². The van der Waals surface area contributed by atoms with Crippen LogP contribution in [0.15, 0.2) is 36.5 Å². The third-order valence-electron chi connectivity index (χ3n) is 3.46. The van der Waals surface area contributed by atoms with Crippen LogP contribution in [0.25, 0.3) is 0 Å².